The van der Waals surface area contributed by atoms with E-state index < -0.39 is 0 Å². The van der Waals surface area contributed by atoms with Crippen molar-refractivity contribution in [3.63, 3.8) is 0 Å². The minimum Gasteiger partial charge on any atom is -0.369 e. The summed E-state index contributed by atoms with van der Waals surface area (Å²) in [5.74, 6) is 1.11. The zero-order valence-corrected chi connectivity index (χ0v) is 17.5. The van der Waals surface area contributed by atoms with Gasteiger partial charge in [-0.15, -0.1) is 0 Å². The Hall–Kier alpha value is -2.60. The van der Waals surface area contributed by atoms with Crippen LogP contribution in [0, 0.1) is 0 Å². The minimum absolute atomic E-state index is 0.127. The normalized spacial score (nSPS) is 18.4. The van der Waals surface area contributed by atoms with E-state index in [4.69, 9.17) is 0 Å². The van der Waals surface area contributed by atoms with Crippen LogP contribution in [0.1, 0.15) is 24.2 Å². The van der Waals surface area contributed by atoms with E-state index in [1.165, 1.54) is 5.69 Å². The van der Waals surface area contributed by atoms with Gasteiger partial charge in [-0.1, -0.05) is 6.07 Å². The van der Waals surface area contributed by atoms with E-state index in [0.29, 0.717) is 6.04 Å². The lowest BCUT2D eigenvalue weighted by atomic mass is 10.1. The molecule has 0 atom stereocenters. The van der Waals surface area contributed by atoms with Crippen molar-refractivity contribution >= 4 is 17.4 Å². The predicted molar refractivity (Wildman–Crippen MR) is 118 cm³/mol. The largest absolute Gasteiger partial charge is 0.369 e. The summed E-state index contributed by atoms with van der Waals surface area (Å²) in [6, 6.07) is 14.7. The zero-order chi connectivity index (χ0) is 20.2. The second-order valence-corrected chi connectivity index (χ2v) is 8.13. The van der Waals surface area contributed by atoms with Crippen LogP contribution in [0.5, 0.6) is 0 Å². The van der Waals surface area contributed by atoms with E-state index in [2.05, 4.69) is 45.7 Å². The molecule has 0 spiro atoms. The predicted octanol–water partition coefficient (Wildman–Crippen LogP) is 2.57. The maximum Gasteiger partial charge on any atom is 0.253 e. The smallest absolute Gasteiger partial charge is 0.253 e. The van der Waals surface area contributed by atoms with E-state index in [1.807, 2.05) is 41.4 Å². The fourth-order valence-corrected chi connectivity index (χ4v) is 4.17. The number of aromatic nitrogens is 1. The van der Waals surface area contributed by atoms with E-state index in [1.54, 1.807) is 0 Å². The van der Waals surface area contributed by atoms with Crippen molar-refractivity contribution in [3.05, 3.63) is 54.2 Å². The molecule has 1 aromatic carbocycles. The molecule has 0 N–H and O–H groups in total. The standard InChI is InChI=1S/C23H31N5O/c1-19(2)25-11-13-26(14-12-25)21-8-6-20(7-9-21)23(29)28-17-15-27(16-18-28)22-5-3-4-10-24-22/h3-10,19H,11-18H2,1-2H3. The molecular formula is C23H31N5O. The number of rotatable bonds is 4. The highest BCUT2D eigenvalue weighted by atomic mass is 16.2. The number of pyridine rings is 1. The molecule has 0 radical (unpaired) electrons. The maximum atomic E-state index is 12.9. The second-order valence-electron chi connectivity index (χ2n) is 8.13. The topological polar surface area (TPSA) is 42.9 Å². The maximum absolute atomic E-state index is 12.9. The highest BCUT2D eigenvalue weighted by molar-refractivity contribution is 5.94. The summed E-state index contributed by atoms with van der Waals surface area (Å²) < 4.78 is 0. The lowest BCUT2D eigenvalue weighted by molar-refractivity contribution is 0.0746. The molecule has 6 nitrogen and oxygen atoms in total. The van der Waals surface area contributed by atoms with Gasteiger partial charge in [-0.3, -0.25) is 9.69 Å². The van der Waals surface area contributed by atoms with Crippen LogP contribution in [-0.4, -0.2) is 79.1 Å². The van der Waals surface area contributed by atoms with E-state index in [-0.39, 0.29) is 5.91 Å². The van der Waals surface area contributed by atoms with Gasteiger partial charge in [0.15, 0.2) is 0 Å². The first-order chi connectivity index (χ1) is 14.1. The molecule has 2 aromatic rings. The van der Waals surface area contributed by atoms with Crippen LogP contribution in [0.4, 0.5) is 11.5 Å². The van der Waals surface area contributed by atoms with Crippen molar-refractivity contribution in [1.82, 2.24) is 14.8 Å². The van der Waals surface area contributed by atoms with Crippen LogP contribution in [-0.2, 0) is 0 Å². The van der Waals surface area contributed by atoms with E-state index >= 15 is 0 Å². The highest BCUT2D eigenvalue weighted by Crippen LogP contribution is 2.20. The number of carbonyl (C=O) groups is 1. The number of hydrogen-bond acceptors (Lipinski definition) is 5. The van der Waals surface area contributed by atoms with Crippen molar-refractivity contribution in [3.8, 4) is 0 Å². The van der Waals surface area contributed by atoms with Crippen molar-refractivity contribution in [2.75, 3.05) is 62.2 Å². The fourth-order valence-electron chi connectivity index (χ4n) is 4.17. The summed E-state index contributed by atoms with van der Waals surface area (Å²) in [7, 11) is 0. The third-order valence-electron chi connectivity index (χ3n) is 6.06. The number of hydrogen-bond donors (Lipinski definition) is 0. The summed E-state index contributed by atoms with van der Waals surface area (Å²) in [5.41, 5.74) is 1.99. The number of benzene rings is 1. The summed E-state index contributed by atoms with van der Waals surface area (Å²) in [5, 5.41) is 0. The van der Waals surface area contributed by atoms with Gasteiger partial charge in [0, 0.05) is 75.8 Å². The first-order valence-electron chi connectivity index (χ1n) is 10.7. The number of amides is 1. The molecule has 154 valence electrons. The Kier molecular flexibility index (Phi) is 6.00. The molecule has 0 unspecified atom stereocenters. The lowest BCUT2D eigenvalue weighted by Gasteiger charge is -2.38. The molecule has 2 aliphatic rings. The Morgan fingerprint density at radius 2 is 1.48 bits per heavy atom. The summed E-state index contributed by atoms with van der Waals surface area (Å²) in [6.07, 6.45) is 1.82. The van der Waals surface area contributed by atoms with Gasteiger partial charge in [0.25, 0.3) is 5.91 Å². The summed E-state index contributed by atoms with van der Waals surface area (Å²) in [4.78, 5) is 26.5. The molecule has 1 aromatic heterocycles. The van der Waals surface area contributed by atoms with E-state index in [0.717, 1.165) is 63.7 Å². The molecular weight excluding hydrogens is 362 g/mol. The molecule has 2 fully saturated rings. The first kappa shape index (κ1) is 19.7. The van der Waals surface area contributed by atoms with Crippen LogP contribution in [0.3, 0.4) is 0 Å². The molecule has 4 rings (SSSR count). The average molecular weight is 394 g/mol. The number of anilines is 2. The van der Waals surface area contributed by atoms with Gasteiger partial charge in [0.05, 0.1) is 0 Å². The Balaban J connectivity index is 1.32. The van der Waals surface area contributed by atoms with Crippen LogP contribution in [0.15, 0.2) is 48.7 Å². The van der Waals surface area contributed by atoms with Crippen LogP contribution in [0.25, 0.3) is 0 Å². The molecule has 29 heavy (non-hydrogen) atoms. The van der Waals surface area contributed by atoms with Crippen molar-refractivity contribution in [2.45, 2.75) is 19.9 Å². The molecule has 0 saturated carbocycles. The molecule has 1 amide bonds. The molecule has 0 aliphatic carbocycles. The Morgan fingerprint density at radius 1 is 0.828 bits per heavy atom. The van der Waals surface area contributed by atoms with Crippen LogP contribution < -0.4 is 9.80 Å². The number of carbonyl (C=O) groups excluding carboxylic acids is 1. The third-order valence-corrected chi connectivity index (χ3v) is 6.06. The molecule has 2 saturated heterocycles. The van der Waals surface area contributed by atoms with Gasteiger partial charge < -0.3 is 14.7 Å². The average Bonchev–Trinajstić information content (AvgIpc) is 2.79. The Morgan fingerprint density at radius 3 is 2.07 bits per heavy atom. The van der Waals surface area contributed by atoms with Crippen molar-refractivity contribution < 1.29 is 4.79 Å². The van der Waals surface area contributed by atoms with Gasteiger partial charge in [0.2, 0.25) is 0 Å². The molecule has 2 aliphatic heterocycles. The van der Waals surface area contributed by atoms with Gasteiger partial charge in [-0.05, 0) is 50.2 Å². The Labute approximate surface area is 173 Å². The minimum atomic E-state index is 0.127. The van der Waals surface area contributed by atoms with Gasteiger partial charge >= 0.3 is 0 Å². The number of nitrogens with zero attached hydrogens (tertiary/aromatic N) is 5. The second kappa shape index (κ2) is 8.82. The molecule has 3 heterocycles. The van der Waals surface area contributed by atoms with Crippen LogP contribution in [0.2, 0.25) is 0 Å². The highest BCUT2D eigenvalue weighted by Gasteiger charge is 2.23. The number of piperazine rings is 2. The quantitative estimate of drug-likeness (QED) is 0.799. The van der Waals surface area contributed by atoms with Gasteiger partial charge in [0.1, 0.15) is 5.82 Å². The van der Waals surface area contributed by atoms with Crippen molar-refractivity contribution in [2.24, 2.45) is 0 Å². The summed E-state index contributed by atoms with van der Waals surface area (Å²) in [6.45, 7) is 11.9. The first-order valence-corrected chi connectivity index (χ1v) is 10.7. The van der Waals surface area contributed by atoms with E-state index in [9.17, 15) is 4.79 Å². The van der Waals surface area contributed by atoms with Crippen LogP contribution >= 0.6 is 0 Å². The third kappa shape index (κ3) is 4.53. The fraction of sp³-hybridized carbons (Fsp3) is 0.478. The molecule has 6 heteroatoms. The SMILES string of the molecule is CC(C)N1CCN(c2ccc(C(=O)N3CCN(c4ccccn4)CC3)cc2)CC1. The zero-order valence-electron chi connectivity index (χ0n) is 17.5. The Bertz CT molecular complexity index is 792. The lowest BCUT2D eigenvalue weighted by Crippen LogP contribution is -2.49. The monoisotopic (exact) mass is 393 g/mol. The van der Waals surface area contributed by atoms with Gasteiger partial charge in [-0.2, -0.15) is 0 Å². The summed E-state index contributed by atoms with van der Waals surface area (Å²) >= 11 is 0. The molecule has 0 bridgehead atoms. The van der Waals surface area contributed by atoms with Gasteiger partial charge in [-0.25, -0.2) is 4.98 Å². The van der Waals surface area contributed by atoms with Crippen molar-refractivity contribution in [1.29, 1.82) is 0 Å².